The third kappa shape index (κ3) is 1.84. The van der Waals surface area contributed by atoms with Gasteiger partial charge in [0.2, 0.25) is 0 Å². The summed E-state index contributed by atoms with van der Waals surface area (Å²) in [7, 11) is 0. The Balaban J connectivity index is 3.58. The van der Waals surface area contributed by atoms with Gasteiger partial charge in [-0.15, -0.1) is 0 Å². The van der Waals surface area contributed by atoms with E-state index in [1.807, 2.05) is 0 Å². The molecule has 0 aliphatic carbocycles. The van der Waals surface area contributed by atoms with E-state index in [1.54, 1.807) is 22.6 Å². The summed E-state index contributed by atoms with van der Waals surface area (Å²) in [6, 6.07) is 3.01. The minimum atomic E-state index is -0.588. The van der Waals surface area contributed by atoms with Gasteiger partial charge in [0.25, 0.3) is 5.69 Å². The molecule has 0 saturated heterocycles. The highest BCUT2D eigenvalue weighted by atomic mass is 127. The van der Waals surface area contributed by atoms with Gasteiger partial charge >= 0.3 is 0 Å². The lowest BCUT2D eigenvalue weighted by atomic mass is 10.1. The minimum absolute atomic E-state index is 0.0121. The van der Waals surface area contributed by atoms with E-state index in [0.717, 1.165) is 0 Å². The van der Waals surface area contributed by atoms with Gasteiger partial charge in [-0.05, 0) is 41.6 Å². The maximum Gasteiger partial charge on any atom is 0.295 e. The number of carbonyl (C=O) groups is 1. The molecule has 0 spiro atoms. The molecule has 5 nitrogen and oxygen atoms in total. The molecule has 0 saturated carbocycles. The lowest BCUT2D eigenvalue weighted by Crippen LogP contribution is -2.06. The third-order valence-electron chi connectivity index (χ3n) is 1.70. The van der Waals surface area contributed by atoms with Crippen LogP contribution < -0.4 is 5.73 Å². The number of nitrogens with zero attached hydrogens (tertiary/aromatic N) is 1. The van der Waals surface area contributed by atoms with Crippen LogP contribution in [-0.4, -0.2) is 10.7 Å². The first kappa shape index (κ1) is 10.9. The van der Waals surface area contributed by atoms with Gasteiger partial charge in [-0.25, -0.2) is 0 Å². The van der Waals surface area contributed by atoms with Crippen LogP contribution >= 0.6 is 22.6 Å². The van der Waals surface area contributed by atoms with Crippen molar-refractivity contribution in [3.8, 4) is 0 Å². The molecular formula is C8H7IN2O3. The Morgan fingerprint density at radius 3 is 2.50 bits per heavy atom. The average Bonchev–Trinajstić information content (AvgIpc) is 2.07. The zero-order valence-electron chi connectivity index (χ0n) is 7.28. The van der Waals surface area contributed by atoms with Crippen molar-refractivity contribution in [3.05, 3.63) is 31.4 Å². The molecule has 14 heavy (non-hydrogen) atoms. The molecule has 6 heteroatoms. The number of halogens is 1. The number of nitrogen functional groups attached to an aromatic ring is 1. The van der Waals surface area contributed by atoms with Crippen LogP contribution in [-0.2, 0) is 0 Å². The van der Waals surface area contributed by atoms with Crippen molar-refractivity contribution in [3.63, 3.8) is 0 Å². The summed E-state index contributed by atoms with van der Waals surface area (Å²) in [6.45, 7) is 1.26. The fourth-order valence-electron chi connectivity index (χ4n) is 1.13. The van der Waals surface area contributed by atoms with Gasteiger partial charge in [0.05, 0.1) is 8.49 Å². The van der Waals surface area contributed by atoms with Crippen molar-refractivity contribution in [2.75, 3.05) is 5.73 Å². The maximum absolute atomic E-state index is 11.2. The minimum Gasteiger partial charge on any atom is -0.398 e. The van der Waals surface area contributed by atoms with E-state index in [0.29, 0.717) is 3.57 Å². The lowest BCUT2D eigenvalue weighted by molar-refractivity contribution is -0.386. The van der Waals surface area contributed by atoms with E-state index < -0.39 is 10.7 Å². The summed E-state index contributed by atoms with van der Waals surface area (Å²) in [6.07, 6.45) is 0. The summed E-state index contributed by atoms with van der Waals surface area (Å²) < 4.78 is 0.409. The van der Waals surface area contributed by atoms with Crippen molar-refractivity contribution < 1.29 is 9.72 Å². The summed E-state index contributed by atoms with van der Waals surface area (Å²) in [5.74, 6) is -0.396. The number of benzene rings is 1. The van der Waals surface area contributed by atoms with Gasteiger partial charge in [0.15, 0.2) is 5.78 Å². The molecule has 1 rings (SSSR count). The fourth-order valence-corrected chi connectivity index (χ4v) is 1.78. The first-order chi connectivity index (χ1) is 6.45. The van der Waals surface area contributed by atoms with Crippen molar-refractivity contribution in [1.82, 2.24) is 0 Å². The van der Waals surface area contributed by atoms with Crippen LogP contribution in [0.15, 0.2) is 12.1 Å². The predicted octanol–water partition coefficient (Wildman–Crippen LogP) is 1.98. The van der Waals surface area contributed by atoms with Crippen LogP contribution in [0.5, 0.6) is 0 Å². The summed E-state index contributed by atoms with van der Waals surface area (Å²) in [5, 5.41) is 10.7. The quantitative estimate of drug-likeness (QED) is 0.298. The molecule has 0 amide bonds. The molecule has 0 atom stereocenters. The zero-order chi connectivity index (χ0) is 10.9. The number of nitro groups is 1. The number of hydrogen-bond acceptors (Lipinski definition) is 4. The van der Waals surface area contributed by atoms with Crippen LogP contribution in [0.3, 0.4) is 0 Å². The highest BCUT2D eigenvalue weighted by Crippen LogP contribution is 2.30. The van der Waals surface area contributed by atoms with Crippen LogP contribution in [0.1, 0.15) is 17.3 Å². The average molecular weight is 306 g/mol. The number of anilines is 1. The van der Waals surface area contributed by atoms with Gasteiger partial charge in [-0.2, -0.15) is 0 Å². The van der Waals surface area contributed by atoms with Crippen molar-refractivity contribution >= 4 is 39.7 Å². The molecule has 1 aromatic carbocycles. The van der Waals surface area contributed by atoms with Crippen LogP contribution in [0.25, 0.3) is 0 Å². The molecule has 0 aromatic heterocycles. The van der Waals surface area contributed by atoms with Gasteiger partial charge in [-0.1, -0.05) is 0 Å². The number of rotatable bonds is 2. The van der Waals surface area contributed by atoms with Crippen molar-refractivity contribution in [2.24, 2.45) is 0 Å². The van der Waals surface area contributed by atoms with E-state index in [9.17, 15) is 14.9 Å². The van der Waals surface area contributed by atoms with E-state index in [-0.39, 0.29) is 16.9 Å². The number of nitrogens with two attached hydrogens (primary N) is 1. The second-order valence-corrected chi connectivity index (χ2v) is 3.84. The Labute approximate surface area is 93.6 Å². The Bertz CT molecular complexity index is 378. The standard InChI is InChI=1S/C8H7IN2O3/c1-4(12)7-6(10)3-2-5(9)8(7)11(13)14/h2-3H,10H2,1H3. The van der Waals surface area contributed by atoms with Gasteiger partial charge < -0.3 is 5.73 Å². The number of carbonyl (C=O) groups excluding carboxylic acids is 1. The van der Waals surface area contributed by atoms with Gasteiger partial charge in [-0.3, -0.25) is 14.9 Å². The van der Waals surface area contributed by atoms with E-state index in [1.165, 1.54) is 19.1 Å². The molecule has 0 unspecified atom stereocenters. The summed E-state index contributed by atoms with van der Waals surface area (Å²) in [4.78, 5) is 21.3. The SMILES string of the molecule is CC(=O)c1c(N)ccc(I)c1[N+](=O)[O-]. The molecule has 2 N–H and O–H groups in total. The molecule has 0 heterocycles. The van der Waals surface area contributed by atoms with Gasteiger partial charge in [0.1, 0.15) is 5.56 Å². The Kier molecular flexibility index (Phi) is 3.04. The number of ketones is 1. The normalized spacial score (nSPS) is 9.86. The lowest BCUT2D eigenvalue weighted by Gasteiger charge is -2.04. The highest BCUT2D eigenvalue weighted by molar-refractivity contribution is 14.1. The zero-order valence-corrected chi connectivity index (χ0v) is 9.44. The largest absolute Gasteiger partial charge is 0.398 e. The number of hydrogen-bond donors (Lipinski definition) is 1. The smallest absolute Gasteiger partial charge is 0.295 e. The maximum atomic E-state index is 11.2. The second kappa shape index (κ2) is 3.91. The summed E-state index contributed by atoms with van der Waals surface area (Å²) in [5.41, 5.74) is 5.42. The van der Waals surface area contributed by atoms with Gasteiger partial charge in [0, 0.05) is 5.69 Å². The fraction of sp³-hybridized carbons (Fsp3) is 0.125. The second-order valence-electron chi connectivity index (χ2n) is 2.67. The molecule has 74 valence electrons. The Hall–Kier alpha value is -1.18. The molecule has 1 aromatic rings. The van der Waals surface area contributed by atoms with Crippen LogP contribution in [0, 0.1) is 13.7 Å². The Morgan fingerprint density at radius 1 is 1.57 bits per heavy atom. The predicted molar refractivity (Wildman–Crippen MR) is 60.2 cm³/mol. The molecule has 0 fully saturated rings. The van der Waals surface area contributed by atoms with E-state index in [2.05, 4.69) is 0 Å². The molecular weight excluding hydrogens is 299 g/mol. The Morgan fingerprint density at radius 2 is 2.14 bits per heavy atom. The van der Waals surface area contributed by atoms with Crippen LogP contribution in [0.2, 0.25) is 0 Å². The first-order valence-corrected chi connectivity index (χ1v) is 4.76. The van der Waals surface area contributed by atoms with E-state index >= 15 is 0 Å². The molecule has 0 aliphatic heterocycles. The molecule has 0 radical (unpaired) electrons. The summed E-state index contributed by atoms with van der Waals surface area (Å²) >= 11 is 1.80. The monoisotopic (exact) mass is 306 g/mol. The topological polar surface area (TPSA) is 86.2 Å². The van der Waals surface area contributed by atoms with Crippen LogP contribution in [0.4, 0.5) is 11.4 Å². The van der Waals surface area contributed by atoms with E-state index in [4.69, 9.17) is 5.73 Å². The molecule has 0 bridgehead atoms. The number of Topliss-reactive ketones (excluding diaryl/α,β-unsaturated/α-hetero) is 1. The highest BCUT2D eigenvalue weighted by Gasteiger charge is 2.23. The van der Waals surface area contributed by atoms with Crippen molar-refractivity contribution in [2.45, 2.75) is 6.92 Å². The number of nitro benzene ring substituents is 1. The third-order valence-corrected chi connectivity index (χ3v) is 2.57. The first-order valence-electron chi connectivity index (χ1n) is 3.68. The molecule has 0 aliphatic rings. The van der Waals surface area contributed by atoms with Crippen molar-refractivity contribution in [1.29, 1.82) is 0 Å².